The Morgan fingerprint density at radius 2 is 1.91 bits per heavy atom. The number of hydrogen-bond acceptors (Lipinski definition) is 2. The lowest BCUT2D eigenvalue weighted by molar-refractivity contribution is 0.156. The van der Waals surface area contributed by atoms with E-state index in [-0.39, 0.29) is 17.3 Å². The highest BCUT2D eigenvalue weighted by Crippen LogP contribution is 2.63. The molecule has 2 N–H and O–H groups in total. The summed E-state index contributed by atoms with van der Waals surface area (Å²) in [5, 5.41) is 11.8. The summed E-state index contributed by atoms with van der Waals surface area (Å²) in [6, 6.07) is 3.57. The summed E-state index contributed by atoms with van der Waals surface area (Å²) in [7, 11) is 0. The summed E-state index contributed by atoms with van der Waals surface area (Å²) in [6.07, 6.45) is -1.02. The first kappa shape index (κ1) is 15.1. The highest BCUT2D eigenvalue weighted by molar-refractivity contribution is 5.68. The van der Waals surface area contributed by atoms with Gasteiger partial charge in [-0.15, -0.1) is 0 Å². The lowest BCUT2D eigenvalue weighted by atomic mass is 9.80. The van der Waals surface area contributed by atoms with Crippen molar-refractivity contribution in [2.45, 2.75) is 26.3 Å². The normalized spacial score (nSPS) is 30.1. The van der Waals surface area contributed by atoms with Crippen molar-refractivity contribution >= 4 is 11.8 Å². The van der Waals surface area contributed by atoms with Crippen LogP contribution < -0.4 is 10.2 Å². The molecule has 0 aromatic heterocycles. The van der Waals surface area contributed by atoms with Crippen molar-refractivity contribution in [2.24, 2.45) is 17.3 Å². The Kier molecular flexibility index (Phi) is 3.13. The molecule has 0 bridgehead atoms. The van der Waals surface area contributed by atoms with Crippen LogP contribution in [0.15, 0.2) is 18.2 Å². The lowest BCUT2D eigenvalue weighted by Gasteiger charge is -2.37. The molecular weight excluding hydrogens is 290 g/mol. The molecule has 1 saturated carbocycles. The molecule has 2 atom stereocenters. The number of hydrogen-bond donors (Lipinski definition) is 2. The average Bonchev–Trinajstić information content (AvgIpc) is 2.78. The largest absolute Gasteiger partial charge is 0.465 e. The third kappa shape index (κ3) is 2.04. The molecule has 1 aromatic rings. The van der Waals surface area contributed by atoms with Gasteiger partial charge in [0.2, 0.25) is 0 Å². The van der Waals surface area contributed by atoms with E-state index in [1.54, 1.807) is 0 Å². The van der Waals surface area contributed by atoms with E-state index < -0.39 is 23.3 Å². The Bertz CT molecular complexity index is 615. The summed E-state index contributed by atoms with van der Waals surface area (Å²) < 4.78 is 26.9. The maximum absolute atomic E-state index is 13.9. The van der Waals surface area contributed by atoms with Gasteiger partial charge >= 0.3 is 6.09 Å². The van der Waals surface area contributed by atoms with Crippen molar-refractivity contribution in [1.29, 1.82) is 0 Å². The Morgan fingerprint density at radius 3 is 2.36 bits per heavy atom. The van der Waals surface area contributed by atoms with E-state index in [1.807, 2.05) is 25.7 Å². The summed E-state index contributed by atoms with van der Waals surface area (Å²) in [5.74, 6) is -0.878. The third-order valence-electron chi connectivity index (χ3n) is 5.19. The number of nitrogens with one attached hydrogen (secondary N) is 1. The minimum Gasteiger partial charge on any atom is -0.465 e. The lowest BCUT2D eigenvalue weighted by Crippen LogP contribution is -2.52. The number of rotatable bonds is 2. The van der Waals surface area contributed by atoms with Crippen molar-refractivity contribution in [3.05, 3.63) is 29.8 Å². The van der Waals surface area contributed by atoms with Crippen LogP contribution >= 0.6 is 0 Å². The fourth-order valence-electron chi connectivity index (χ4n) is 4.23. The van der Waals surface area contributed by atoms with E-state index in [0.29, 0.717) is 18.8 Å². The molecule has 2 fully saturated rings. The standard InChI is InChI=1S/C16H20F2N2O2/c1-15(2,3)16(19-14(21)22)10-7-20(8-11(10)16)13-5-4-9(17)6-12(13)18/h4-6,10-11,19H,7-8H2,1-3H3,(H,21,22). The second-order valence-electron chi connectivity index (χ2n) is 7.26. The number of fused-ring (bicyclic) bond motifs is 1. The molecule has 120 valence electrons. The number of halogens is 2. The molecule has 1 aromatic carbocycles. The van der Waals surface area contributed by atoms with Crippen LogP contribution in [0.4, 0.5) is 19.3 Å². The second kappa shape index (κ2) is 4.57. The molecule has 1 aliphatic carbocycles. The fourth-order valence-corrected chi connectivity index (χ4v) is 4.23. The topological polar surface area (TPSA) is 52.6 Å². The SMILES string of the molecule is CC(C)(C)C1(NC(=O)O)C2CN(c3ccc(F)cc3F)CC21. The van der Waals surface area contributed by atoms with Gasteiger partial charge < -0.3 is 15.3 Å². The summed E-state index contributed by atoms with van der Waals surface area (Å²) in [5.41, 5.74) is -0.299. The van der Waals surface area contributed by atoms with Crippen molar-refractivity contribution < 1.29 is 18.7 Å². The van der Waals surface area contributed by atoms with E-state index in [9.17, 15) is 13.6 Å². The van der Waals surface area contributed by atoms with Crippen LogP contribution in [0, 0.1) is 28.9 Å². The van der Waals surface area contributed by atoms with Gasteiger partial charge in [0.15, 0.2) is 0 Å². The summed E-state index contributed by atoms with van der Waals surface area (Å²) in [4.78, 5) is 13.0. The molecule has 3 rings (SSSR count). The zero-order valence-electron chi connectivity index (χ0n) is 12.9. The van der Waals surface area contributed by atoms with Gasteiger partial charge in [-0.1, -0.05) is 20.8 Å². The second-order valence-corrected chi connectivity index (χ2v) is 7.26. The van der Waals surface area contributed by atoms with Gasteiger partial charge in [0.05, 0.1) is 11.2 Å². The van der Waals surface area contributed by atoms with Gasteiger partial charge in [-0.3, -0.25) is 0 Å². The van der Waals surface area contributed by atoms with Gasteiger partial charge in [0, 0.05) is 31.0 Å². The zero-order valence-corrected chi connectivity index (χ0v) is 12.9. The third-order valence-corrected chi connectivity index (χ3v) is 5.19. The van der Waals surface area contributed by atoms with E-state index >= 15 is 0 Å². The van der Waals surface area contributed by atoms with Crippen LogP contribution in [0.2, 0.25) is 0 Å². The number of piperidine rings is 1. The van der Waals surface area contributed by atoms with Gasteiger partial charge in [0.25, 0.3) is 0 Å². The molecule has 2 aliphatic rings. The minimum absolute atomic E-state index is 0.146. The van der Waals surface area contributed by atoms with Crippen molar-refractivity contribution in [1.82, 2.24) is 5.32 Å². The number of carbonyl (C=O) groups is 1. The molecule has 22 heavy (non-hydrogen) atoms. The van der Waals surface area contributed by atoms with E-state index in [2.05, 4.69) is 5.32 Å². The monoisotopic (exact) mass is 310 g/mol. The molecular formula is C16H20F2N2O2. The molecule has 0 radical (unpaired) electrons. The number of amides is 1. The molecule has 1 saturated heterocycles. The first-order valence-electron chi connectivity index (χ1n) is 7.38. The first-order chi connectivity index (χ1) is 10.2. The van der Waals surface area contributed by atoms with Crippen LogP contribution in [-0.4, -0.2) is 29.8 Å². The Balaban J connectivity index is 1.81. The van der Waals surface area contributed by atoms with Gasteiger partial charge in [-0.25, -0.2) is 13.6 Å². The minimum atomic E-state index is -1.02. The predicted octanol–water partition coefficient (Wildman–Crippen LogP) is 3.08. The van der Waals surface area contributed by atoms with E-state index in [1.165, 1.54) is 12.1 Å². The molecule has 2 unspecified atom stereocenters. The maximum atomic E-state index is 13.9. The van der Waals surface area contributed by atoms with Crippen molar-refractivity contribution in [3.63, 3.8) is 0 Å². The Morgan fingerprint density at radius 1 is 1.32 bits per heavy atom. The zero-order chi connectivity index (χ0) is 16.3. The van der Waals surface area contributed by atoms with Gasteiger partial charge in [0.1, 0.15) is 11.6 Å². The number of benzene rings is 1. The smallest absolute Gasteiger partial charge is 0.405 e. The summed E-state index contributed by atoms with van der Waals surface area (Å²) in [6.45, 7) is 7.20. The summed E-state index contributed by atoms with van der Waals surface area (Å²) >= 11 is 0. The number of anilines is 1. The number of carboxylic acid groups (broad SMARTS) is 1. The molecule has 4 nitrogen and oxygen atoms in total. The average molecular weight is 310 g/mol. The fraction of sp³-hybridized carbons (Fsp3) is 0.562. The van der Waals surface area contributed by atoms with Crippen LogP contribution in [0.5, 0.6) is 0 Å². The van der Waals surface area contributed by atoms with E-state index in [4.69, 9.17) is 5.11 Å². The van der Waals surface area contributed by atoms with Crippen molar-refractivity contribution in [3.8, 4) is 0 Å². The first-order valence-corrected chi connectivity index (χ1v) is 7.38. The molecule has 1 aliphatic heterocycles. The van der Waals surface area contributed by atoms with Crippen LogP contribution in [-0.2, 0) is 0 Å². The highest BCUT2D eigenvalue weighted by Gasteiger charge is 2.73. The molecule has 1 amide bonds. The molecule has 0 spiro atoms. The molecule has 6 heteroatoms. The Hall–Kier alpha value is -1.85. The van der Waals surface area contributed by atoms with Crippen LogP contribution in [0.1, 0.15) is 20.8 Å². The van der Waals surface area contributed by atoms with Crippen LogP contribution in [0.25, 0.3) is 0 Å². The van der Waals surface area contributed by atoms with E-state index in [0.717, 1.165) is 6.07 Å². The van der Waals surface area contributed by atoms with Crippen LogP contribution in [0.3, 0.4) is 0 Å². The predicted molar refractivity (Wildman–Crippen MR) is 78.9 cm³/mol. The quantitative estimate of drug-likeness (QED) is 0.882. The van der Waals surface area contributed by atoms with Gasteiger partial charge in [-0.2, -0.15) is 0 Å². The van der Waals surface area contributed by atoms with Crippen molar-refractivity contribution in [2.75, 3.05) is 18.0 Å². The van der Waals surface area contributed by atoms with Gasteiger partial charge in [-0.05, 0) is 17.5 Å². The highest BCUT2D eigenvalue weighted by atomic mass is 19.1. The number of nitrogens with zero attached hydrogens (tertiary/aromatic N) is 1. The molecule has 1 heterocycles. The maximum Gasteiger partial charge on any atom is 0.405 e. The Labute approximate surface area is 128 Å².